The lowest BCUT2D eigenvalue weighted by atomic mass is 10.2. The number of hydrogen-bond donors (Lipinski definition) is 0. The van der Waals surface area contributed by atoms with Crippen molar-refractivity contribution in [3.63, 3.8) is 0 Å². The van der Waals surface area contributed by atoms with E-state index in [9.17, 15) is 8.42 Å². The summed E-state index contributed by atoms with van der Waals surface area (Å²) in [5.41, 5.74) is 0.637. The predicted octanol–water partition coefficient (Wildman–Crippen LogP) is 1.83. The van der Waals surface area contributed by atoms with Crippen LogP contribution in [0, 0.1) is 0 Å². The van der Waals surface area contributed by atoms with Gasteiger partial charge in [-0.3, -0.25) is 0 Å². The van der Waals surface area contributed by atoms with Crippen LogP contribution in [0.5, 0.6) is 0 Å². The molecular weight excluding hydrogens is 274 g/mol. The van der Waals surface area contributed by atoms with Crippen molar-refractivity contribution < 1.29 is 13.2 Å². The molecule has 18 heavy (non-hydrogen) atoms. The minimum atomic E-state index is -3.49. The maximum atomic E-state index is 12.6. The molecule has 0 bridgehead atoms. The molecule has 2 rings (SSSR count). The highest BCUT2D eigenvalue weighted by Gasteiger charge is 2.32. The molecule has 1 fully saturated rings. The number of sulfonamides is 1. The zero-order chi connectivity index (χ0) is 13.2. The Hall–Kier alpha value is -0.620. The van der Waals surface area contributed by atoms with Gasteiger partial charge in [-0.15, -0.1) is 11.6 Å². The molecule has 1 aromatic rings. The third kappa shape index (κ3) is 2.54. The highest BCUT2D eigenvalue weighted by atomic mass is 35.5. The molecular formula is C12H16ClNO3S. The number of alkyl halides is 1. The Morgan fingerprint density at radius 1 is 1.44 bits per heavy atom. The van der Waals surface area contributed by atoms with Crippen LogP contribution < -0.4 is 0 Å². The van der Waals surface area contributed by atoms with Crippen LogP contribution in [-0.4, -0.2) is 38.5 Å². The van der Waals surface area contributed by atoms with Crippen molar-refractivity contribution in [3.05, 3.63) is 29.8 Å². The van der Waals surface area contributed by atoms with E-state index in [4.69, 9.17) is 16.3 Å². The molecule has 0 aromatic heterocycles. The molecule has 4 nitrogen and oxygen atoms in total. The summed E-state index contributed by atoms with van der Waals surface area (Å²) in [6.45, 7) is 3.11. The highest BCUT2D eigenvalue weighted by molar-refractivity contribution is 7.89. The lowest BCUT2D eigenvalue weighted by molar-refractivity contribution is 0.0392. The fourth-order valence-corrected chi connectivity index (χ4v) is 4.20. The van der Waals surface area contributed by atoms with Gasteiger partial charge in [0.25, 0.3) is 0 Å². The van der Waals surface area contributed by atoms with E-state index < -0.39 is 10.0 Å². The molecule has 1 aromatic carbocycles. The predicted molar refractivity (Wildman–Crippen MR) is 70.2 cm³/mol. The largest absolute Gasteiger partial charge is 0.378 e. The van der Waals surface area contributed by atoms with Crippen molar-refractivity contribution in [2.24, 2.45) is 0 Å². The molecule has 1 aliphatic rings. The molecule has 0 spiro atoms. The first-order chi connectivity index (χ1) is 8.57. The topological polar surface area (TPSA) is 46.6 Å². The number of hydrogen-bond acceptors (Lipinski definition) is 3. The zero-order valence-electron chi connectivity index (χ0n) is 10.2. The van der Waals surface area contributed by atoms with Gasteiger partial charge in [0, 0.05) is 18.5 Å². The van der Waals surface area contributed by atoms with Gasteiger partial charge >= 0.3 is 0 Å². The van der Waals surface area contributed by atoms with Crippen molar-refractivity contribution >= 4 is 21.6 Å². The molecule has 1 saturated heterocycles. The minimum Gasteiger partial charge on any atom is -0.378 e. The summed E-state index contributed by atoms with van der Waals surface area (Å²) in [6, 6.07) is 6.71. The van der Waals surface area contributed by atoms with Crippen LogP contribution in [0.2, 0.25) is 0 Å². The zero-order valence-corrected chi connectivity index (χ0v) is 11.7. The second-order valence-corrected chi connectivity index (χ2v) is 6.41. The van der Waals surface area contributed by atoms with E-state index in [1.165, 1.54) is 4.31 Å². The second kappa shape index (κ2) is 5.57. The summed E-state index contributed by atoms with van der Waals surface area (Å²) in [6.07, 6.45) is 0. The maximum absolute atomic E-state index is 12.6. The van der Waals surface area contributed by atoms with Crippen LogP contribution in [0.4, 0.5) is 0 Å². The van der Waals surface area contributed by atoms with Crippen LogP contribution in [0.1, 0.15) is 12.5 Å². The summed E-state index contributed by atoms with van der Waals surface area (Å²) in [5, 5.41) is 0. The van der Waals surface area contributed by atoms with E-state index in [0.717, 1.165) is 0 Å². The van der Waals surface area contributed by atoms with Crippen molar-refractivity contribution in [3.8, 4) is 0 Å². The van der Waals surface area contributed by atoms with E-state index in [1.54, 1.807) is 24.3 Å². The SMILES string of the molecule is C[C@@H]1COCCN1S(=O)(=O)c1ccccc1CCl. The molecule has 0 radical (unpaired) electrons. The van der Waals surface area contributed by atoms with Gasteiger partial charge in [-0.25, -0.2) is 8.42 Å². The maximum Gasteiger partial charge on any atom is 0.243 e. The second-order valence-electron chi connectivity index (χ2n) is 4.28. The normalized spacial score (nSPS) is 22.0. The molecule has 6 heteroatoms. The van der Waals surface area contributed by atoms with Crippen LogP contribution in [0.25, 0.3) is 0 Å². The fraction of sp³-hybridized carbons (Fsp3) is 0.500. The highest BCUT2D eigenvalue weighted by Crippen LogP contribution is 2.24. The van der Waals surface area contributed by atoms with E-state index >= 15 is 0 Å². The van der Waals surface area contributed by atoms with E-state index in [2.05, 4.69) is 0 Å². The molecule has 0 N–H and O–H groups in total. The third-order valence-corrected chi connectivity index (χ3v) is 5.41. The Morgan fingerprint density at radius 2 is 2.17 bits per heavy atom. The van der Waals surface area contributed by atoms with E-state index in [-0.39, 0.29) is 11.9 Å². The number of halogens is 1. The Morgan fingerprint density at radius 3 is 2.83 bits per heavy atom. The van der Waals surface area contributed by atoms with Gasteiger partial charge in [-0.1, -0.05) is 18.2 Å². The van der Waals surface area contributed by atoms with Crippen LogP contribution >= 0.6 is 11.6 Å². The number of rotatable bonds is 3. The summed E-state index contributed by atoms with van der Waals surface area (Å²) in [4.78, 5) is 0.300. The molecule has 1 aliphatic heterocycles. The van der Waals surface area contributed by atoms with Gasteiger partial charge < -0.3 is 4.74 Å². The fourth-order valence-electron chi connectivity index (χ4n) is 2.06. The Balaban J connectivity index is 2.41. The van der Waals surface area contributed by atoms with Crippen molar-refractivity contribution in [1.82, 2.24) is 4.31 Å². The Labute approximate surface area is 113 Å². The first-order valence-electron chi connectivity index (χ1n) is 5.81. The van der Waals surface area contributed by atoms with Gasteiger partial charge in [-0.2, -0.15) is 4.31 Å². The van der Waals surface area contributed by atoms with Crippen LogP contribution in [0.15, 0.2) is 29.2 Å². The summed E-state index contributed by atoms with van der Waals surface area (Å²) in [7, 11) is -3.49. The van der Waals surface area contributed by atoms with Crippen LogP contribution in [-0.2, 0) is 20.6 Å². The monoisotopic (exact) mass is 289 g/mol. The smallest absolute Gasteiger partial charge is 0.243 e. The van der Waals surface area contributed by atoms with Crippen molar-refractivity contribution in [2.45, 2.75) is 23.7 Å². The molecule has 0 saturated carbocycles. The number of benzene rings is 1. The number of nitrogens with zero attached hydrogens (tertiary/aromatic N) is 1. The summed E-state index contributed by atoms with van der Waals surface area (Å²) < 4.78 is 31.9. The van der Waals surface area contributed by atoms with E-state index in [1.807, 2.05) is 6.92 Å². The first kappa shape index (κ1) is 13.8. The number of ether oxygens (including phenoxy) is 1. The third-order valence-electron chi connectivity index (χ3n) is 3.01. The van der Waals surface area contributed by atoms with Gasteiger partial charge in [0.15, 0.2) is 0 Å². The Bertz CT molecular complexity index is 518. The lowest BCUT2D eigenvalue weighted by Gasteiger charge is -2.32. The first-order valence-corrected chi connectivity index (χ1v) is 7.78. The standard InChI is InChI=1S/C12H16ClNO3S/c1-10-9-17-7-6-14(10)18(15,16)12-5-3-2-4-11(12)8-13/h2-5,10H,6-9H2,1H3/t10-/m1/s1. The van der Waals surface area contributed by atoms with Crippen molar-refractivity contribution in [1.29, 1.82) is 0 Å². The summed E-state index contributed by atoms with van der Waals surface area (Å²) >= 11 is 5.81. The molecule has 0 aliphatic carbocycles. The Kier molecular flexibility index (Phi) is 4.27. The molecule has 1 heterocycles. The van der Waals surface area contributed by atoms with Crippen molar-refractivity contribution in [2.75, 3.05) is 19.8 Å². The van der Waals surface area contributed by atoms with Gasteiger partial charge in [0.05, 0.1) is 18.1 Å². The lowest BCUT2D eigenvalue weighted by Crippen LogP contribution is -2.47. The number of morpholine rings is 1. The summed E-state index contributed by atoms with van der Waals surface area (Å²) in [5.74, 6) is 0.189. The molecule has 1 atom stereocenters. The average molecular weight is 290 g/mol. The molecule has 0 amide bonds. The van der Waals surface area contributed by atoms with Crippen LogP contribution in [0.3, 0.4) is 0 Å². The quantitative estimate of drug-likeness (QED) is 0.798. The minimum absolute atomic E-state index is 0.146. The molecule has 0 unspecified atom stereocenters. The van der Waals surface area contributed by atoms with E-state index in [0.29, 0.717) is 30.2 Å². The van der Waals surface area contributed by atoms with Gasteiger partial charge in [-0.05, 0) is 18.6 Å². The average Bonchev–Trinajstić information content (AvgIpc) is 2.39. The van der Waals surface area contributed by atoms with Gasteiger partial charge in [0.2, 0.25) is 10.0 Å². The molecule has 100 valence electrons. The van der Waals surface area contributed by atoms with Gasteiger partial charge in [0.1, 0.15) is 0 Å².